The van der Waals surface area contributed by atoms with E-state index >= 15 is 0 Å². The number of rotatable bonds is 10. The number of carbonyl (C=O) groups is 1. The summed E-state index contributed by atoms with van der Waals surface area (Å²) in [5, 5.41) is 19.7. The summed E-state index contributed by atoms with van der Waals surface area (Å²) in [5.74, 6) is 1.68. The molecule has 0 spiro atoms. The minimum absolute atomic E-state index is 0.0264. The number of amides is 1. The Kier molecular flexibility index (Phi) is 8.07. The molecule has 1 amide bonds. The number of hydrogen-bond donors (Lipinski definition) is 3. The van der Waals surface area contributed by atoms with Gasteiger partial charge in [-0.05, 0) is 30.5 Å². The highest BCUT2D eigenvalue weighted by atomic mass is 35.5. The van der Waals surface area contributed by atoms with E-state index in [-0.39, 0.29) is 18.6 Å². The molecule has 0 fully saturated rings. The molecule has 2 heterocycles. The maximum Gasteiger partial charge on any atom is 0.413 e. The van der Waals surface area contributed by atoms with E-state index in [4.69, 9.17) is 16.3 Å². The number of aliphatic hydroxyl groups is 1. The molecule has 3 rings (SSSR count). The predicted molar refractivity (Wildman–Crippen MR) is 122 cm³/mol. The summed E-state index contributed by atoms with van der Waals surface area (Å²) in [4.78, 5) is 20.5. The lowest BCUT2D eigenvalue weighted by Gasteiger charge is -2.18. The van der Waals surface area contributed by atoms with Gasteiger partial charge in [-0.15, -0.1) is 11.6 Å². The summed E-state index contributed by atoms with van der Waals surface area (Å²) >= 11 is 6.01. The number of aromatic nitrogens is 4. The first-order chi connectivity index (χ1) is 15.5. The zero-order valence-electron chi connectivity index (χ0n) is 18.3. The van der Waals surface area contributed by atoms with E-state index in [0.717, 1.165) is 17.5 Å². The lowest BCUT2D eigenvalue weighted by Crippen LogP contribution is -2.22. The largest absolute Gasteiger partial charge is 0.496 e. The van der Waals surface area contributed by atoms with Crippen molar-refractivity contribution in [3.63, 3.8) is 0 Å². The highest BCUT2D eigenvalue weighted by molar-refractivity contribution is 6.17. The Morgan fingerprint density at radius 1 is 1.31 bits per heavy atom. The van der Waals surface area contributed by atoms with Crippen LogP contribution in [0.25, 0.3) is 11.0 Å². The maximum absolute atomic E-state index is 11.7. The Morgan fingerprint density at radius 3 is 2.78 bits per heavy atom. The lowest BCUT2D eigenvalue weighted by atomic mass is 10.1. The van der Waals surface area contributed by atoms with E-state index in [1.807, 2.05) is 25.1 Å². The van der Waals surface area contributed by atoms with Crippen molar-refractivity contribution in [2.45, 2.75) is 38.2 Å². The average Bonchev–Trinajstić information content (AvgIpc) is 3.21. The molecule has 3 aromatic rings. The Hall–Kier alpha value is -3.11. The van der Waals surface area contributed by atoms with Crippen molar-refractivity contribution < 1.29 is 19.4 Å². The molecule has 1 atom stereocenters. The molecule has 0 unspecified atom stereocenters. The molecule has 0 saturated heterocycles. The number of aliphatic hydroxyl groups excluding tert-OH is 1. The van der Waals surface area contributed by atoms with E-state index in [2.05, 4.69) is 30.4 Å². The number of benzene rings is 1. The second kappa shape index (κ2) is 11.0. The first-order valence-corrected chi connectivity index (χ1v) is 10.7. The molecule has 0 bridgehead atoms. The maximum atomic E-state index is 11.7. The fourth-order valence-electron chi connectivity index (χ4n) is 3.35. The lowest BCUT2D eigenvalue weighted by molar-refractivity contribution is 0.186. The molecule has 0 radical (unpaired) electrons. The van der Waals surface area contributed by atoms with Crippen LogP contribution in [0.1, 0.15) is 30.9 Å². The van der Waals surface area contributed by atoms with E-state index in [0.29, 0.717) is 41.4 Å². The Morgan fingerprint density at radius 2 is 2.12 bits per heavy atom. The first kappa shape index (κ1) is 23.6. The smallest absolute Gasteiger partial charge is 0.413 e. The van der Waals surface area contributed by atoms with Gasteiger partial charge in [-0.25, -0.2) is 9.78 Å². The van der Waals surface area contributed by atoms with Gasteiger partial charge in [0.25, 0.3) is 0 Å². The van der Waals surface area contributed by atoms with E-state index in [1.165, 1.54) is 7.11 Å². The number of nitrogens with one attached hydrogen (secondary N) is 2. The number of nitrogens with zero attached hydrogens (tertiary/aromatic N) is 4. The van der Waals surface area contributed by atoms with Crippen molar-refractivity contribution in [2.24, 2.45) is 0 Å². The number of ether oxygens (including phenoxy) is 2. The van der Waals surface area contributed by atoms with Gasteiger partial charge >= 0.3 is 6.09 Å². The van der Waals surface area contributed by atoms with Gasteiger partial charge in [0, 0.05) is 24.1 Å². The molecule has 0 aliphatic rings. The zero-order valence-corrected chi connectivity index (χ0v) is 19.0. The fraction of sp³-hybridized carbons (Fsp3) is 0.429. The van der Waals surface area contributed by atoms with Crippen LogP contribution < -0.4 is 15.4 Å². The van der Waals surface area contributed by atoms with Gasteiger partial charge in [-0.2, -0.15) is 10.1 Å². The predicted octanol–water partition coefficient (Wildman–Crippen LogP) is 3.37. The van der Waals surface area contributed by atoms with Gasteiger partial charge in [0.2, 0.25) is 5.95 Å². The fourth-order valence-corrected chi connectivity index (χ4v) is 3.51. The van der Waals surface area contributed by atoms with E-state index < -0.39 is 6.09 Å². The second-order valence-corrected chi connectivity index (χ2v) is 7.36. The number of carbonyl (C=O) groups excluding carboxylic acids is 1. The third-order valence-electron chi connectivity index (χ3n) is 5.02. The standard InChI is InChI=1S/C21H27ClN6O4/c1-4-15(7-8-29)24-19-18-16(25-20(26-19)27-21(30)32-3)11-23-28(18)12-14-9-13(10-22)5-6-17(14)31-2/h5-6,9,11,15,29H,4,7-8,10,12H2,1-3H3,(H2,24,25,26,27,30)/t15-/m0/s1. The van der Waals surface area contributed by atoms with Gasteiger partial charge in [0.15, 0.2) is 5.82 Å². The van der Waals surface area contributed by atoms with Crippen LogP contribution in [-0.4, -0.2) is 57.8 Å². The van der Waals surface area contributed by atoms with Gasteiger partial charge in [0.1, 0.15) is 16.8 Å². The van der Waals surface area contributed by atoms with E-state index in [9.17, 15) is 9.90 Å². The van der Waals surface area contributed by atoms with Crippen LogP contribution >= 0.6 is 11.6 Å². The summed E-state index contributed by atoms with van der Waals surface area (Å²) in [6.07, 6.45) is 2.25. The molecule has 2 aromatic heterocycles. The van der Waals surface area contributed by atoms with E-state index in [1.54, 1.807) is 18.0 Å². The monoisotopic (exact) mass is 462 g/mol. The van der Waals surface area contributed by atoms with Crippen LogP contribution in [0.15, 0.2) is 24.4 Å². The van der Waals surface area contributed by atoms with Crippen molar-refractivity contribution in [2.75, 3.05) is 31.5 Å². The Balaban J connectivity index is 2.07. The van der Waals surface area contributed by atoms with Gasteiger partial charge in [-0.3, -0.25) is 10.00 Å². The Labute approximate surface area is 190 Å². The molecule has 3 N–H and O–H groups in total. The third kappa shape index (κ3) is 5.38. The molecular formula is C21H27ClN6O4. The van der Waals surface area contributed by atoms with Crippen molar-refractivity contribution in [3.05, 3.63) is 35.5 Å². The van der Waals surface area contributed by atoms with Crippen molar-refractivity contribution in [1.29, 1.82) is 0 Å². The molecule has 172 valence electrons. The SMILES string of the molecule is CC[C@@H](CCO)Nc1nc(NC(=O)OC)nc2cnn(Cc3cc(CCl)ccc3OC)c12. The number of halogens is 1. The summed E-state index contributed by atoms with van der Waals surface area (Å²) in [6.45, 7) is 2.45. The van der Waals surface area contributed by atoms with Crippen LogP contribution in [0.4, 0.5) is 16.6 Å². The van der Waals surface area contributed by atoms with Crippen molar-refractivity contribution in [3.8, 4) is 5.75 Å². The zero-order chi connectivity index (χ0) is 23.1. The van der Waals surface area contributed by atoms with Crippen molar-refractivity contribution in [1.82, 2.24) is 19.7 Å². The number of fused-ring (bicyclic) bond motifs is 1. The first-order valence-electron chi connectivity index (χ1n) is 10.2. The number of anilines is 2. The molecule has 0 aliphatic carbocycles. The molecule has 10 nitrogen and oxygen atoms in total. The normalized spacial score (nSPS) is 11.9. The topological polar surface area (TPSA) is 123 Å². The molecular weight excluding hydrogens is 436 g/mol. The highest BCUT2D eigenvalue weighted by Gasteiger charge is 2.18. The van der Waals surface area contributed by atoms with Gasteiger partial charge < -0.3 is 19.9 Å². The van der Waals surface area contributed by atoms with Gasteiger partial charge in [-0.1, -0.05) is 13.0 Å². The molecule has 0 aliphatic heterocycles. The molecule has 11 heteroatoms. The Bertz CT molecular complexity index is 1070. The quantitative estimate of drug-likeness (QED) is 0.392. The van der Waals surface area contributed by atoms with Crippen LogP contribution in [0, 0.1) is 0 Å². The third-order valence-corrected chi connectivity index (χ3v) is 5.33. The minimum Gasteiger partial charge on any atom is -0.496 e. The molecule has 32 heavy (non-hydrogen) atoms. The number of hydrogen-bond acceptors (Lipinski definition) is 8. The highest BCUT2D eigenvalue weighted by Crippen LogP contribution is 2.27. The minimum atomic E-state index is -0.673. The molecule has 1 aromatic carbocycles. The number of methoxy groups -OCH3 is 2. The summed E-state index contributed by atoms with van der Waals surface area (Å²) < 4.78 is 11.9. The molecule has 0 saturated carbocycles. The van der Waals surface area contributed by atoms with Crippen LogP contribution in [0.2, 0.25) is 0 Å². The van der Waals surface area contributed by atoms with Crippen LogP contribution in [0.5, 0.6) is 5.75 Å². The second-order valence-electron chi connectivity index (χ2n) is 7.09. The van der Waals surface area contributed by atoms with Gasteiger partial charge in [0.05, 0.1) is 27.0 Å². The van der Waals surface area contributed by atoms with Crippen LogP contribution in [-0.2, 0) is 17.2 Å². The summed E-state index contributed by atoms with van der Waals surface area (Å²) in [6, 6.07) is 5.74. The average molecular weight is 463 g/mol. The van der Waals surface area contributed by atoms with Crippen molar-refractivity contribution >= 4 is 40.5 Å². The summed E-state index contributed by atoms with van der Waals surface area (Å²) in [5.41, 5.74) is 3.07. The summed E-state index contributed by atoms with van der Waals surface area (Å²) in [7, 11) is 2.88. The van der Waals surface area contributed by atoms with Crippen LogP contribution in [0.3, 0.4) is 0 Å². The number of alkyl halides is 1.